The van der Waals surface area contributed by atoms with Gasteiger partial charge in [-0.3, -0.25) is 0 Å². The van der Waals surface area contributed by atoms with Gasteiger partial charge in [0, 0.05) is 11.6 Å². The maximum atomic E-state index is 15.6. The second-order valence-corrected chi connectivity index (χ2v) is 13.3. The number of nitrogens with zero attached hydrogens (tertiary/aromatic N) is 1. The van der Waals surface area contributed by atoms with Gasteiger partial charge in [0.2, 0.25) is 0 Å². The summed E-state index contributed by atoms with van der Waals surface area (Å²) in [6, 6.07) is 28.0. The number of pyridine rings is 1. The van der Waals surface area contributed by atoms with Crippen molar-refractivity contribution < 1.29 is 13.6 Å². The molecule has 1 heterocycles. The Morgan fingerprint density at radius 3 is 2.00 bits per heavy atom. The summed E-state index contributed by atoms with van der Waals surface area (Å²) in [6.45, 7) is 9.29. The minimum absolute atomic E-state index is 0.0940. The Hall–Kier alpha value is -3.44. The summed E-state index contributed by atoms with van der Waals surface area (Å²) in [5, 5.41) is 2.25. The molecule has 4 rings (SSSR count). The molecule has 3 nitrogen and oxygen atoms in total. The Kier molecular flexibility index (Phi) is 10.5. The molecule has 0 spiro atoms. The summed E-state index contributed by atoms with van der Waals surface area (Å²) in [7, 11) is -1.66. The molecule has 0 bridgehead atoms. The van der Waals surface area contributed by atoms with Gasteiger partial charge in [0.1, 0.15) is 17.2 Å². The maximum absolute atomic E-state index is 15.6. The van der Waals surface area contributed by atoms with E-state index in [4.69, 9.17) is 9.16 Å². The molecule has 0 amide bonds. The molecule has 0 unspecified atom stereocenters. The monoisotopic (exact) mass is 554 g/mol. The number of unbranched alkanes of at least 4 members (excludes halogenated alkanes) is 5. The zero-order valence-electron chi connectivity index (χ0n) is 24.3. The van der Waals surface area contributed by atoms with Crippen LogP contribution in [0.1, 0.15) is 71.8 Å². The van der Waals surface area contributed by atoms with Crippen molar-refractivity contribution in [3.63, 3.8) is 0 Å². The molecule has 0 saturated carbocycles. The van der Waals surface area contributed by atoms with Gasteiger partial charge >= 0.3 is 9.04 Å². The van der Waals surface area contributed by atoms with Gasteiger partial charge in [-0.15, -0.1) is 0 Å². The third kappa shape index (κ3) is 8.04. The molecule has 1 radical (unpaired) electrons. The Labute approximate surface area is 241 Å². The van der Waals surface area contributed by atoms with Gasteiger partial charge in [0.25, 0.3) is 0 Å². The number of rotatable bonds is 13. The lowest BCUT2D eigenvalue weighted by Crippen LogP contribution is -2.47. The first kappa shape index (κ1) is 29.5. The van der Waals surface area contributed by atoms with Crippen molar-refractivity contribution in [1.82, 2.24) is 4.98 Å². The van der Waals surface area contributed by atoms with Gasteiger partial charge < -0.3 is 9.16 Å². The van der Waals surface area contributed by atoms with Crippen molar-refractivity contribution >= 4 is 19.4 Å². The van der Waals surface area contributed by atoms with E-state index in [1.165, 1.54) is 31.7 Å². The average Bonchev–Trinajstić information content (AvgIpc) is 2.96. The number of aromatic nitrogens is 1. The molecule has 40 heavy (non-hydrogen) atoms. The van der Waals surface area contributed by atoms with Gasteiger partial charge in [-0.05, 0) is 39.9 Å². The molecule has 0 saturated heterocycles. The van der Waals surface area contributed by atoms with E-state index in [1.807, 2.05) is 48.5 Å². The summed E-state index contributed by atoms with van der Waals surface area (Å²) < 4.78 is 28.3. The van der Waals surface area contributed by atoms with Crippen molar-refractivity contribution in [3.8, 4) is 22.8 Å². The Morgan fingerprint density at radius 2 is 1.40 bits per heavy atom. The van der Waals surface area contributed by atoms with Gasteiger partial charge in [0.15, 0.2) is 5.82 Å². The van der Waals surface area contributed by atoms with Crippen LogP contribution in [0, 0.1) is 5.82 Å². The van der Waals surface area contributed by atoms with E-state index in [1.54, 1.807) is 6.20 Å². The highest BCUT2D eigenvalue weighted by molar-refractivity contribution is 6.80. The summed E-state index contributed by atoms with van der Waals surface area (Å²) >= 11 is 0. The molecule has 5 heteroatoms. The van der Waals surface area contributed by atoms with Crippen molar-refractivity contribution in [2.45, 2.75) is 71.6 Å². The maximum Gasteiger partial charge on any atom is 0.352 e. The number of halogens is 1. The normalized spacial score (nSPS) is 11.6. The lowest BCUT2D eigenvalue weighted by atomic mass is 9.86. The molecule has 209 valence electrons. The van der Waals surface area contributed by atoms with Gasteiger partial charge in [0.05, 0.1) is 12.8 Å². The first-order chi connectivity index (χ1) is 19.4. The van der Waals surface area contributed by atoms with Crippen LogP contribution in [0.25, 0.3) is 11.3 Å². The largest absolute Gasteiger partial charge is 0.532 e. The van der Waals surface area contributed by atoms with Gasteiger partial charge in [-0.2, -0.15) is 0 Å². The standard InChI is InChI=1S/C35H41FNO2Si/c1-5-6-7-8-9-16-23-38-28-25-32(36)34(37-26-28)31-22-21-27(35(2,3)4)24-33(31)39-40(29-17-12-10-13-18-29)30-19-14-11-15-20-30/h10-15,17-22,24-26H,5-9,16,23H2,1-4H3. The van der Waals surface area contributed by atoms with E-state index in [0.717, 1.165) is 28.8 Å². The van der Waals surface area contributed by atoms with Crippen LogP contribution in [0.15, 0.2) is 91.1 Å². The van der Waals surface area contributed by atoms with E-state index in [2.05, 4.69) is 63.0 Å². The van der Waals surface area contributed by atoms with Gasteiger partial charge in [-0.25, -0.2) is 9.37 Å². The molecular weight excluding hydrogens is 513 g/mol. The number of benzene rings is 3. The number of hydrogen-bond donors (Lipinski definition) is 0. The van der Waals surface area contributed by atoms with Crippen LogP contribution in [0.3, 0.4) is 0 Å². The van der Waals surface area contributed by atoms with E-state index >= 15 is 4.39 Å². The Morgan fingerprint density at radius 1 is 0.775 bits per heavy atom. The summed E-state index contributed by atoms with van der Waals surface area (Å²) in [4.78, 5) is 4.52. The van der Waals surface area contributed by atoms with E-state index < -0.39 is 14.9 Å². The molecule has 4 aromatic rings. The zero-order chi connectivity index (χ0) is 28.4. The zero-order valence-corrected chi connectivity index (χ0v) is 25.3. The molecule has 0 aliphatic carbocycles. The van der Waals surface area contributed by atoms with E-state index in [-0.39, 0.29) is 11.1 Å². The third-order valence-corrected chi connectivity index (χ3v) is 9.11. The highest BCUT2D eigenvalue weighted by atomic mass is 28.3. The smallest absolute Gasteiger partial charge is 0.352 e. The molecule has 0 fully saturated rings. The van der Waals surface area contributed by atoms with Crippen molar-refractivity contribution in [3.05, 3.63) is 103 Å². The molecule has 0 N–H and O–H groups in total. The van der Waals surface area contributed by atoms with Crippen molar-refractivity contribution in [2.75, 3.05) is 6.61 Å². The van der Waals surface area contributed by atoms with Crippen LogP contribution in [0.2, 0.25) is 0 Å². The first-order valence-corrected chi connectivity index (χ1v) is 15.9. The van der Waals surface area contributed by atoms with E-state index in [0.29, 0.717) is 23.7 Å². The minimum Gasteiger partial charge on any atom is -0.532 e. The summed E-state index contributed by atoms with van der Waals surface area (Å²) in [5.41, 5.74) is 1.93. The second kappa shape index (κ2) is 14.3. The topological polar surface area (TPSA) is 31.4 Å². The van der Waals surface area contributed by atoms with Crippen molar-refractivity contribution in [1.29, 1.82) is 0 Å². The van der Waals surface area contributed by atoms with Crippen LogP contribution in [0.5, 0.6) is 11.5 Å². The quantitative estimate of drug-likeness (QED) is 0.124. The highest BCUT2D eigenvalue weighted by Gasteiger charge is 2.25. The Balaban J connectivity index is 1.62. The number of ether oxygens (including phenoxy) is 1. The molecule has 0 aliphatic rings. The molecular formula is C35H41FNO2Si. The fourth-order valence-electron chi connectivity index (χ4n) is 4.61. The minimum atomic E-state index is -1.66. The third-order valence-electron chi connectivity index (χ3n) is 6.97. The summed E-state index contributed by atoms with van der Waals surface area (Å²) in [5.74, 6) is 0.685. The van der Waals surface area contributed by atoms with Crippen LogP contribution in [0.4, 0.5) is 4.39 Å². The van der Waals surface area contributed by atoms with Crippen LogP contribution in [-0.2, 0) is 5.41 Å². The number of hydrogen-bond acceptors (Lipinski definition) is 3. The predicted molar refractivity (Wildman–Crippen MR) is 166 cm³/mol. The second-order valence-electron chi connectivity index (χ2n) is 11.2. The molecule has 0 atom stereocenters. The first-order valence-electron chi connectivity index (χ1n) is 14.5. The fourth-order valence-corrected chi connectivity index (χ4v) is 6.56. The summed E-state index contributed by atoms with van der Waals surface area (Å²) in [6.07, 6.45) is 8.70. The molecule has 3 aromatic carbocycles. The average molecular weight is 555 g/mol. The lowest BCUT2D eigenvalue weighted by Gasteiger charge is -2.24. The lowest BCUT2D eigenvalue weighted by molar-refractivity contribution is 0.301. The fraction of sp³-hybridized carbons (Fsp3) is 0.343. The highest BCUT2D eigenvalue weighted by Crippen LogP contribution is 2.36. The van der Waals surface area contributed by atoms with Crippen molar-refractivity contribution in [2.24, 2.45) is 0 Å². The SMILES string of the molecule is CCCCCCCCOc1cnc(-c2ccc(C(C)(C)C)cc2O[Si](c2ccccc2)c2ccccc2)c(F)c1. The van der Waals surface area contributed by atoms with Crippen LogP contribution in [-0.4, -0.2) is 20.6 Å². The van der Waals surface area contributed by atoms with E-state index in [9.17, 15) is 0 Å². The predicted octanol–water partition coefficient (Wildman–Crippen LogP) is 8.11. The van der Waals surface area contributed by atoms with Crippen LogP contribution >= 0.6 is 0 Å². The van der Waals surface area contributed by atoms with Crippen LogP contribution < -0.4 is 19.5 Å². The van der Waals surface area contributed by atoms with Gasteiger partial charge in [-0.1, -0.05) is 127 Å². The Bertz CT molecular complexity index is 1300. The molecule has 1 aromatic heterocycles. The molecule has 0 aliphatic heterocycles.